The number of rotatable bonds is 10. The molecule has 5 unspecified atom stereocenters. The summed E-state index contributed by atoms with van der Waals surface area (Å²) in [5.74, 6) is -6.95. The molecule has 0 radical (unpaired) electrons. The maximum atomic E-state index is 14.8. The van der Waals surface area contributed by atoms with Gasteiger partial charge in [-0.1, -0.05) is 125 Å². The minimum atomic E-state index is -1.92. The highest BCUT2D eigenvalue weighted by Crippen LogP contribution is 2.45. The fraction of sp³-hybridized carbons (Fsp3) is 0.534. The lowest BCUT2D eigenvalue weighted by Gasteiger charge is -2.47. The van der Waals surface area contributed by atoms with E-state index >= 15 is 0 Å². The van der Waals surface area contributed by atoms with Crippen molar-refractivity contribution in [2.45, 2.75) is 141 Å². The summed E-state index contributed by atoms with van der Waals surface area (Å²) < 4.78 is 39.0. The smallest absolute Gasteiger partial charge is 0.316 e. The third-order valence-corrected chi connectivity index (χ3v) is 15.2. The minimum absolute atomic E-state index is 0.0237. The summed E-state index contributed by atoms with van der Waals surface area (Å²) in [6, 6.07) is 25.4. The molecule has 3 aromatic carbocycles. The van der Waals surface area contributed by atoms with Crippen LogP contribution in [0.15, 0.2) is 102 Å². The average Bonchev–Trinajstić information content (AvgIpc) is 3.67. The van der Waals surface area contributed by atoms with Gasteiger partial charge in [0.05, 0.1) is 37.1 Å². The van der Waals surface area contributed by atoms with Crippen molar-refractivity contribution in [2.75, 3.05) is 33.9 Å². The Bertz CT molecular complexity index is 2460. The normalized spacial score (nSPS) is 34.0. The van der Waals surface area contributed by atoms with E-state index in [1.807, 2.05) is 137 Å². The number of amides is 1. The van der Waals surface area contributed by atoms with E-state index in [1.54, 1.807) is 20.8 Å². The first-order chi connectivity index (χ1) is 34.2. The Kier molecular flexibility index (Phi) is 17.7. The molecule has 72 heavy (non-hydrogen) atoms. The summed E-state index contributed by atoms with van der Waals surface area (Å²) in [7, 11) is 3.74. The molecule has 14 heteroatoms. The Morgan fingerprint density at radius 2 is 1.53 bits per heavy atom. The molecule has 7 rings (SSSR count). The van der Waals surface area contributed by atoms with Gasteiger partial charge in [-0.05, 0) is 100 Å². The number of carbonyl (C=O) groups is 4. The minimum Gasteiger partial charge on any atom is -0.464 e. The number of hydrogen-bond donors (Lipinski definition) is 2. The molecule has 2 bridgehead atoms. The number of aliphatic imine (C=N–C) groups is 1. The number of likely N-dealkylation sites (N-methyl/N-ethyl adjacent to an activating group) is 1. The van der Waals surface area contributed by atoms with Crippen molar-refractivity contribution in [3.8, 4) is 11.1 Å². The second-order valence-electron chi connectivity index (χ2n) is 20.9. The van der Waals surface area contributed by atoms with Crippen LogP contribution in [0.2, 0.25) is 0 Å². The van der Waals surface area contributed by atoms with Crippen molar-refractivity contribution in [1.29, 1.82) is 0 Å². The highest BCUT2D eigenvalue weighted by atomic mass is 16.7. The first-order valence-electron chi connectivity index (χ1n) is 25.5. The summed E-state index contributed by atoms with van der Waals surface area (Å²) in [4.78, 5) is 63.5. The van der Waals surface area contributed by atoms with Crippen LogP contribution in [0.4, 0.5) is 0 Å². The maximum Gasteiger partial charge on any atom is 0.316 e. The van der Waals surface area contributed by atoms with E-state index in [0.29, 0.717) is 12.0 Å². The number of carbonyl (C=O) groups excluding carboxylic acids is 4. The lowest BCUT2D eigenvalue weighted by atomic mass is 9.73. The fourth-order valence-corrected chi connectivity index (χ4v) is 11.3. The SMILES string of the molecule is CC[C@H]1OC(=O)[C@H](C)C(=O)[C@H](C)C(O[C@@H]2O[C@H](C)C[C@H](N(C)C)C2O)[C@@]2(C)CC(C)C(=NC(=O)CC(=O)OCC3c4ccccc4-c4ccccc43)C(C)C(OC/C(=C/C=C/c3ccccc3)CO2)[C@]1(C)O. The van der Waals surface area contributed by atoms with Crippen LogP contribution in [0.25, 0.3) is 17.2 Å². The second kappa shape index (κ2) is 23.3. The molecule has 1 amide bonds. The molecule has 388 valence electrons. The van der Waals surface area contributed by atoms with E-state index < -0.39 is 95.6 Å². The van der Waals surface area contributed by atoms with Gasteiger partial charge in [-0.15, -0.1) is 0 Å². The molecule has 0 aromatic heterocycles. The molecular formula is C58H74N2O12. The number of hydrogen-bond acceptors (Lipinski definition) is 13. The molecule has 3 saturated heterocycles. The van der Waals surface area contributed by atoms with Gasteiger partial charge >= 0.3 is 11.9 Å². The van der Waals surface area contributed by atoms with Gasteiger partial charge in [-0.3, -0.25) is 19.2 Å². The molecule has 3 aromatic rings. The van der Waals surface area contributed by atoms with Crippen LogP contribution >= 0.6 is 0 Å². The van der Waals surface area contributed by atoms with Gasteiger partial charge in [0.25, 0.3) is 5.91 Å². The standard InChI is InChI=1S/C58H74N2O12/c1-11-47-58(8,66)54-36(4)50(59-48(61)29-49(62)67-33-45-43-26-17-15-24-41(43)42-25-16-18-27-44(42)45)34(2)30-57(7,69-32-40(31-68-54)23-19-22-39-20-13-12-14-21-39)53(37(5)51(63)38(6)55(65)71-47)72-56-52(64)46(60(9)10)28-35(3)70-56/h12-27,34-38,45-47,52-54,56,64,66H,11,28-33H2,1-10H3/b22-19+,40-23-,59-50?/t34?,35-,36?,37+,38-,46+,47-,52?,53?,54?,56+,57-,58-/m1/s1. The zero-order chi connectivity index (χ0) is 52.1. The summed E-state index contributed by atoms with van der Waals surface area (Å²) in [5, 5.41) is 24.6. The van der Waals surface area contributed by atoms with Gasteiger partial charge in [-0.25, -0.2) is 4.99 Å². The van der Waals surface area contributed by atoms with Crippen molar-refractivity contribution in [1.82, 2.24) is 4.90 Å². The highest BCUT2D eigenvalue weighted by Gasteiger charge is 2.53. The monoisotopic (exact) mass is 991 g/mol. The Hall–Kier alpha value is -5.19. The Balaban J connectivity index is 1.30. The van der Waals surface area contributed by atoms with Gasteiger partial charge in [0.2, 0.25) is 0 Å². The third kappa shape index (κ3) is 12.1. The van der Waals surface area contributed by atoms with Gasteiger partial charge in [0.15, 0.2) is 12.1 Å². The highest BCUT2D eigenvalue weighted by molar-refractivity contribution is 6.04. The Morgan fingerprint density at radius 3 is 2.17 bits per heavy atom. The van der Waals surface area contributed by atoms with Gasteiger partial charge in [0.1, 0.15) is 36.8 Å². The van der Waals surface area contributed by atoms with Crippen LogP contribution < -0.4 is 0 Å². The summed E-state index contributed by atoms with van der Waals surface area (Å²) in [6.07, 6.45) is -0.426. The number of nitrogens with zero attached hydrogens (tertiary/aromatic N) is 2. The molecule has 0 spiro atoms. The first-order valence-corrected chi connectivity index (χ1v) is 25.5. The van der Waals surface area contributed by atoms with Crippen molar-refractivity contribution >= 4 is 35.4 Å². The first kappa shape index (κ1) is 54.6. The Morgan fingerprint density at radius 1 is 0.889 bits per heavy atom. The topological polar surface area (TPSA) is 180 Å². The molecule has 1 aliphatic carbocycles. The number of fused-ring (bicyclic) bond motifs is 8. The van der Waals surface area contributed by atoms with Gasteiger partial charge in [-0.2, -0.15) is 0 Å². The van der Waals surface area contributed by atoms with E-state index in [2.05, 4.69) is 0 Å². The molecule has 3 heterocycles. The zero-order valence-electron chi connectivity index (χ0n) is 43.5. The number of ketones is 1. The number of benzene rings is 3. The molecule has 4 aliphatic rings. The van der Waals surface area contributed by atoms with E-state index in [0.717, 1.165) is 27.8 Å². The lowest BCUT2D eigenvalue weighted by molar-refractivity contribution is -0.296. The molecule has 14 nitrogen and oxygen atoms in total. The van der Waals surface area contributed by atoms with Crippen LogP contribution in [-0.4, -0.2) is 132 Å². The van der Waals surface area contributed by atoms with E-state index in [9.17, 15) is 29.4 Å². The molecule has 13 atom stereocenters. The van der Waals surface area contributed by atoms with Crippen molar-refractivity contribution < 1.29 is 57.8 Å². The Labute approximate surface area is 424 Å². The largest absolute Gasteiger partial charge is 0.464 e. The van der Waals surface area contributed by atoms with E-state index in [-0.39, 0.29) is 56.4 Å². The van der Waals surface area contributed by atoms with Crippen LogP contribution in [0.5, 0.6) is 0 Å². The molecule has 2 N–H and O–H groups in total. The fourth-order valence-electron chi connectivity index (χ4n) is 11.3. The quantitative estimate of drug-likeness (QED) is 0.148. The van der Waals surface area contributed by atoms with E-state index in [1.165, 1.54) is 13.8 Å². The predicted octanol–water partition coefficient (Wildman–Crippen LogP) is 7.91. The van der Waals surface area contributed by atoms with E-state index in [4.69, 9.17) is 33.4 Å². The predicted molar refractivity (Wildman–Crippen MR) is 274 cm³/mol. The number of aliphatic hydroxyl groups excluding tert-OH is 1. The number of esters is 2. The number of allylic oxidation sites excluding steroid dienone is 2. The van der Waals surface area contributed by atoms with Crippen molar-refractivity contribution in [2.24, 2.45) is 28.7 Å². The van der Waals surface area contributed by atoms with Crippen molar-refractivity contribution in [3.63, 3.8) is 0 Å². The van der Waals surface area contributed by atoms with Crippen LogP contribution in [0.1, 0.15) is 104 Å². The average molecular weight is 991 g/mol. The summed E-state index contributed by atoms with van der Waals surface area (Å²) in [5.41, 5.74) is 2.75. The summed E-state index contributed by atoms with van der Waals surface area (Å²) >= 11 is 0. The van der Waals surface area contributed by atoms with Crippen LogP contribution in [-0.2, 0) is 47.6 Å². The summed E-state index contributed by atoms with van der Waals surface area (Å²) in [6.45, 7) is 13.7. The third-order valence-electron chi connectivity index (χ3n) is 15.2. The molecule has 0 saturated carbocycles. The van der Waals surface area contributed by atoms with Crippen LogP contribution in [0.3, 0.4) is 0 Å². The second-order valence-corrected chi connectivity index (χ2v) is 20.9. The number of cyclic esters (lactones) is 1. The number of ether oxygens (including phenoxy) is 6. The van der Waals surface area contributed by atoms with Gasteiger partial charge < -0.3 is 43.5 Å². The maximum absolute atomic E-state index is 14.8. The van der Waals surface area contributed by atoms with Crippen molar-refractivity contribution in [3.05, 3.63) is 113 Å². The van der Waals surface area contributed by atoms with Gasteiger partial charge in [0, 0.05) is 29.5 Å². The molecule has 3 fully saturated rings. The number of aliphatic hydroxyl groups is 2. The molecular weight excluding hydrogens is 917 g/mol. The number of Topliss-reactive ketones (excluding diaryl/α,β-unsaturated/α-hetero) is 1. The molecule has 3 aliphatic heterocycles. The van der Waals surface area contributed by atoms with Crippen LogP contribution in [0, 0.1) is 23.7 Å². The lowest BCUT2D eigenvalue weighted by Crippen LogP contribution is -2.60. The zero-order valence-corrected chi connectivity index (χ0v) is 43.5.